The molecule has 1 amide bonds. The normalized spacial score (nSPS) is 14.3. The Balaban J connectivity index is 2.24. The van der Waals surface area contributed by atoms with Crippen LogP contribution in [0.1, 0.15) is 40.6 Å². The molecular formula is C12H14BrN3O2. The van der Waals surface area contributed by atoms with Gasteiger partial charge in [0.2, 0.25) is 0 Å². The smallest absolute Gasteiger partial charge is 0.264 e. The molecule has 5 nitrogen and oxygen atoms in total. The molecule has 0 saturated heterocycles. The Morgan fingerprint density at radius 2 is 2.28 bits per heavy atom. The minimum absolute atomic E-state index is 0.0770. The summed E-state index contributed by atoms with van der Waals surface area (Å²) in [6.45, 7) is 5.57. The van der Waals surface area contributed by atoms with Crippen LogP contribution in [0.2, 0.25) is 0 Å². The number of halogens is 1. The lowest BCUT2D eigenvalue weighted by Gasteiger charge is -2.07. The van der Waals surface area contributed by atoms with Gasteiger partial charge in [0.15, 0.2) is 0 Å². The first kappa shape index (κ1) is 13.0. The van der Waals surface area contributed by atoms with Crippen molar-refractivity contribution in [3.63, 3.8) is 0 Å². The monoisotopic (exact) mass is 311 g/mol. The van der Waals surface area contributed by atoms with Crippen molar-refractivity contribution in [1.29, 1.82) is 0 Å². The Hall–Kier alpha value is -1.43. The number of carbonyl (C=O) groups is 1. The zero-order valence-corrected chi connectivity index (χ0v) is 11.6. The molecule has 18 heavy (non-hydrogen) atoms. The molecular weight excluding hydrogens is 298 g/mol. The van der Waals surface area contributed by atoms with E-state index in [0.29, 0.717) is 21.9 Å². The number of hydrogen-bond acceptors (Lipinski definition) is 3. The van der Waals surface area contributed by atoms with E-state index in [2.05, 4.69) is 37.8 Å². The average molecular weight is 312 g/mol. The van der Waals surface area contributed by atoms with Gasteiger partial charge in [-0.25, -0.2) is 4.98 Å². The molecule has 2 rings (SSSR count). The van der Waals surface area contributed by atoms with Gasteiger partial charge in [-0.05, 0) is 19.8 Å². The van der Waals surface area contributed by atoms with E-state index < -0.39 is 5.91 Å². The molecule has 0 aliphatic heterocycles. The predicted octanol–water partition coefficient (Wildman–Crippen LogP) is 1.59. The van der Waals surface area contributed by atoms with Crippen molar-refractivity contribution < 1.29 is 4.79 Å². The molecule has 0 bridgehead atoms. The van der Waals surface area contributed by atoms with E-state index in [0.717, 1.165) is 12.8 Å². The van der Waals surface area contributed by atoms with Crippen LogP contribution in [0.3, 0.4) is 0 Å². The summed E-state index contributed by atoms with van der Waals surface area (Å²) in [6, 6.07) is 0. The summed E-state index contributed by atoms with van der Waals surface area (Å²) in [5.74, 6) is 0.624. The summed E-state index contributed by atoms with van der Waals surface area (Å²) in [5, 5.41) is 2.60. The molecule has 1 heterocycles. The maximum atomic E-state index is 11.9. The van der Waals surface area contributed by atoms with Crippen LogP contribution in [0.5, 0.6) is 0 Å². The van der Waals surface area contributed by atoms with Crippen molar-refractivity contribution in [2.24, 2.45) is 0 Å². The highest BCUT2D eigenvalue weighted by Gasteiger charge is 2.27. The third-order valence-electron chi connectivity index (χ3n) is 2.75. The van der Waals surface area contributed by atoms with E-state index in [1.54, 1.807) is 6.92 Å². The molecule has 1 aliphatic carbocycles. The van der Waals surface area contributed by atoms with E-state index >= 15 is 0 Å². The minimum atomic E-state index is -0.427. The highest BCUT2D eigenvalue weighted by Crippen LogP contribution is 2.37. The van der Waals surface area contributed by atoms with Gasteiger partial charge in [-0.15, -0.1) is 0 Å². The van der Waals surface area contributed by atoms with Gasteiger partial charge in [0.25, 0.3) is 11.5 Å². The Bertz CT molecular complexity index is 561. The van der Waals surface area contributed by atoms with E-state index in [9.17, 15) is 9.59 Å². The maximum absolute atomic E-state index is 11.9. The topological polar surface area (TPSA) is 74.8 Å². The number of aryl methyl sites for hydroxylation is 1. The number of aromatic nitrogens is 2. The summed E-state index contributed by atoms with van der Waals surface area (Å²) < 4.78 is 0.646. The quantitative estimate of drug-likeness (QED) is 0.886. The fourth-order valence-corrected chi connectivity index (χ4v) is 1.83. The highest BCUT2D eigenvalue weighted by atomic mass is 79.9. The first-order chi connectivity index (χ1) is 8.49. The first-order valence-electron chi connectivity index (χ1n) is 5.71. The van der Waals surface area contributed by atoms with Crippen LogP contribution >= 0.6 is 15.9 Å². The minimum Gasteiger partial charge on any atom is -0.347 e. The van der Waals surface area contributed by atoms with E-state index in [1.807, 2.05) is 0 Å². The predicted molar refractivity (Wildman–Crippen MR) is 72.0 cm³/mol. The fourth-order valence-electron chi connectivity index (χ4n) is 1.69. The van der Waals surface area contributed by atoms with Crippen LogP contribution in [-0.2, 0) is 0 Å². The first-order valence-corrected chi connectivity index (χ1v) is 6.50. The lowest BCUT2D eigenvalue weighted by atomic mass is 10.2. The zero-order chi connectivity index (χ0) is 13.3. The van der Waals surface area contributed by atoms with Crippen LogP contribution in [0.15, 0.2) is 15.9 Å². The van der Waals surface area contributed by atoms with Crippen molar-refractivity contribution in [2.75, 3.05) is 6.54 Å². The lowest BCUT2D eigenvalue weighted by Crippen LogP contribution is -2.32. The number of rotatable bonds is 4. The summed E-state index contributed by atoms with van der Waals surface area (Å²) in [6.07, 6.45) is 2.11. The summed E-state index contributed by atoms with van der Waals surface area (Å²) in [7, 11) is 0. The summed E-state index contributed by atoms with van der Waals surface area (Å²) in [5.41, 5.74) is 0.175. The molecule has 1 aromatic heterocycles. The standard InChI is InChI=1S/C12H14BrN3O2/c1-6(13)5-14-11(17)9-7(2)15-10(8-3-4-8)16-12(9)18/h8H,1,3-5H2,2H3,(H,14,17)(H,15,16,18). The number of hydrogen-bond donors (Lipinski definition) is 2. The second-order valence-corrected chi connectivity index (χ2v) is 5.51. The molecule has 0 unspecified atom stereocenters. The van der Waals surface area contributed by atoms with Gasteiger partial charge in [0.1, 0.15) is 11.4 Å². The van der Waals surface area contributed by atoms with Crippen molar-refractivity contribution in [1.82, 2.24) is 15.3 Å². The maximum Gasteiger partial charge on any atom is 0.264 e. The fraction of sp³-hybridized carbons (Fsp3) is 0.417. The third kappa shape index (κ3) is 2.87. The molecule has 0 atom stereocenters. The SMILES string of the molecule is C=C(Br)CNC(=O)c1c(C)nc(C2CC2)[nH]c1=O. The van der Waals surface area contributed by atoms with Gasteiger partial charge >= 0.3 is 0 Å². The van der Waals surface area contributed by atoms with E-state index in [-0.39, 0.29) is 17.7 Å². The van der Waals surface area contributed by atoms with Crippen molar-refractivity contribution in [3.8, 4) is 0 Å². The number of nitrogens with zero attached hydrogens (tertiary/aromatic N) is 1. The number of amides is 1. The molecule has 96 valence electrons. The Morgan fingerprint density at radius 1 is 1.61 bits per heavy atom. The van der Waals surface area contributed by atoms with Crippen LogP contribution < -0.4 is 10.9 Å². The Kier molecular flexibility index (Phi) is 3.65. The van der Waals surface area contributed by atoms with Crippen LogP contribution in [0, 0.1) is 6.92 Å². The van der Waals surface area contributed by atoms with Gasteiger partial charge in [-0.3, -0.25) is 9.59 Å². The average Bonchev–Trinajstić information content (AvgIpc) is 3.08. The van der Waals surface area contributed by atoms with Crippen LogP contribution in [-0.4, -0.2) is 22.4 Å². The number of carbonyl (C=O) groups excluding carboxylic acids is 1. The second kappa shape index (κ2) is 5.06. The molecule has 0 spiro atoms. The number of aromatic amines is 1. The second-order valence-electron chi connectivity index (χ2n) is 4.39. The van der Waals surface area contributed by atoms with Gasteiger partial charge in [0, 0.05) is 16.9 Å². The number of nitrogens with one attached hydrogen (secondary N) is 2. The van der Waals surface area contributed by atoms with Crippen molar-refractivity contribution in [2.45, 2.75) is 25.7 Å². The molecule has 2 N–H and O–H groups in total. The van der Waals surface area contributed by atoms with Gasteiger partial charge in [0.05, 0.1) is 5.69 Å². The highest BCUT2D eigenvalue weighted by molar-refractivity contribution is 9.11. The molecule has 1 saturated carbocycles. The third-order valence-corrected chi connectivity index (χ3v) is 3.03. The van der Waals surface area contributed by atoms with E-state index in [1.165, 1.54) is 0 Å². The van der Waals surface area contributed by atoms with Crippen LogP contribution in [0.4, 0.5) is 0 Å². The Morgan fingerprint density at radius 3 is 2.78 bits per heavy atom. The largest absolute Gasteiger partial charge is 0.347 e. The number of H-pyrrole nitrogens is 1. The summed E-state index contributed by atoms with van der Waals surface area (Å²) >= 11 is 3.14. The van der Waals surface area contributed by atoms with Gasteiger partial charge in [-0.1, -0.05) is 22.5 Å². The molecule has 6 heteroatoms. The summed E-state index contributed by atoms with van der Waals surface area (Å²) in [4.78, 5) is 30.7. The Labute approximate surface area is 113 Å². The van der Waals surface area contributed by atoms with Crippen LogP contribution in [0.25, 0.3) is 0 Å². The van der Waals surface area contributed by atoms with Gasteiger partial charge < -0.3 is 10.3 Å². The molecule has 0 aromatic carbocycles. The molecule has 1 aliphatic rings. The molecule has 1 aromatic rings. The molecule has 0 radical (unpaired) electrons. The van der Waals surface area contributed by atoms with Crippen molar-refractivity contribution in [3.05, 3.63) is 38.5 Å². The lowest BCUT2D eigenvalue weighted by molar-refractivity contribution is 0.0955. The van der Waals surface area contributed by atoms with Crippen molar-refractivity contribution >= 4 is 21.8 Å². The zero-order valence-electron chi connectivity index (χ0n) is 10.0. The van der Waals surface area contributed by atoms with Gasteiger partial charge in [-0.2, -0.15) is 0 Å². The molecule has 1 fully saturated rings. The van der Waals surface area contributed by atoms with E-state index in [4.69, 9.17) is 0 Å².